The van der Waals surface area contributed by atoms with Crippen molar-refractivity contribution in [2.45, 2.75) is 6.42 Å². The van der Waals surface area contributed by atoms with E-state index in [1.54, 1.807) is 24.3 Å². The molecule has 0 amide bonds. The Labute approximate surface area is 141 Å². The molecule has 4 nitrogen and oxygen atoms in total. The smallest absolute Gasteiger partial charge is 0.164 e. The molecule has 0 bridgehead atoms. The first kappa shape index (κ1) is 16.5. The van der Waals surface area contributed by atoms with E-state index < -0.39 is 0 Å². The van der Waals surface area contributed by atoms with Gasteiger partial charge in [-0.25, -0.2) is 4.39 Å². The van der Waals surface area contributed by atoms with Gasteiger partial charge in [0.05, 0.1) is 0 Å². The van der Waals surface area contributed by atoms with E-state index in [0.717, 1.165) is 38.4 Å². The molecular weight excluding hydrogens is 305 g/mol. The number of halogens is 1. The average molecular weight is 327 g/mol. The van der Waals surface area contributed by atoms with Gasteiger partial charge in [-0.3, -0.25) is 9.69 Å². The van der Waals surface area contributed by atoms with Gasteiger partial charge >= 0.3 is 0 Å². The summed E-state index contributed by atoms with van der Waals surface area (Å²) in [6.07, 6.45) is 0.514. The highest BCUT2D eigenvalue weighted by molar-refractivity contribution is 5.96. The number of nitrogens with two attached hydrogens (primary N) is 1. The molecule has 0 aliphatic carbocycles. The molecule has 1 heterocycles. The Balaban J connectivity index is 1.46. The molecule has 2 aromatic carbocycles. The maximum absolute atomic E-state index is 13.0. The summed E-state index contributed by atoms with van der Waals surface area (Å²) in [6.45, 7) is 4.36. The number of nitrogens with zero attached hydrogens (tertiary/aromatic N) is 2. The minimum Gasteiger partial charge on any atom is -0.399 e. The van der Waals surface area contributed by atoms with Gasteiger partial charge in [0.15, 0.2) is 5.78 Å². The fraction of sp³-hybridized carbons (Fsp3) is 0.316. The van der Waals surface area contributed by atoms with E-state index >= 15 is 0 Å². The molecule has 3 rings (SSSR count). The molecule has 0 atom stereocenters. The van der Waals surface area contributed by atoms with Crippen LogP contribution in [0.2, 0.25) is 0 Å². The summed E-state index contributed by atoms with van der Waals surface area (Å²) in [4.78, 5) is 16.8. The maximum Gasteiger partial charge on any atom is 0.164 e. The number of carbonyl (C=O) groups excluding carboxylic acids is 1. The van der Waals surface area contributed by atoms with Crippen molar-refractivity contribution < 1.29 is 9.18 Å². The summed E-state index contributed by atoms with van der Waals surface area (Å²) in [7, 11) is 0. The Morgan fingerprint density at radius 2 is 1.58 bits per heavy atom. The molecule has 0 spiro atoms. The lowest BCUT2D eigenvalue weighted by Gasteiger charge is -2.36. The average Bonchev–Trinajstić information content (AvgIpc) is 2.61. The molecule has 1 aliphatic heterocycles. The van der Waals surface area contributed by atoms with Crippen LogP contribution < -0.4 is 10.6 Å². The number of piperazine rings is 1. The second-order valence-corrected chi connectivity index (χ2v) is 6.10. The van der Waals surface area contributed by atoms with Crippen LogP contribution in [0.15, 0.2) is 48.5 Å². The SMILES string of the molecule is Nc1ccc(C(=O)CCN2CCN(c3ccc(F)cc3)CC2)cc1. The molecule has 5 heteroatoms. The van der Waals surface area contributed by atoms with Crippen molar-refractivity contribution in [1.82, 2.24) is 4.90 Å². The molecule has 1 fully saturated rings. The van der Waals surface area contributed by atoms with E-state index in [-0.39, 0.29) is 11.6 Å². The molecular formula is C19H22FN3O. The lowest BCUT2D eigenvalue weighted by atomic mass is 10.1. The monoisotopic (exact) mass is 327 g/mol. The van der Waals surface area contributed by atoms with Gasteiger partial charge in [0.2, 0.25) is 0 Å². The van der Waals surface area contributed by atoms with Crippen molar-refractivity contribution in [2.75, 3.05) is 43.4 Å². The molecule has 24 heavy (non-hydrogen) atoms. The van der Waals surface area contributed by atoms with E-state index in [1.807, 2.05) is 12.1 Å². The van der Waals surface area contributed by atoms with Gasteiger partial charge in [-0.15, -0.1) is 0 Å². The van der Waals surface area contributed by atoms with Crippen molar-refractivity contribution >= 4 is 17.2 Å². The van der Waals surface area contributed by atoms with Gasteiger partial charge < -0.3 is 10.6 Å². The Kier molecular flexibility index (Phi) is 5.11. The highest BCUT2D eigenvalue weighted by Crippen LogP contribution is 2.17. The first-order valence-electron chi connectivity index (χ1n) is 8.23. The summed E-state index contributed by atoms with van der Waals surface area (Å²) in [5.41, 5.74) is 8.08. The summed E-state index contributed by atoms with van der Waals surface area (Å²) in [5.74, 6) is -0.0606. The quantitative estimate of drug-likeness (QED) is 0.678. The normalized spacial score (nSPS) is 15.5. The van der Waals surface area contributed by atoms with Gasteiger partial charge in [0, 0.05) is 56.1 Å². The Morgan fingerprint density at radius 3 is 2.21 bits per heavy atom. The highest BCUT2D eigenvalue weighted by Gasteiger charge is 2.18. The summed E-state index contributed by atoms with van der Waals surface area (Å²) < 4.78 is 13.0. The number of ketones is 1. The van der Waals surface area contributed by atoms with E-state index in [4.69, 9.17) is 5.73 Å². The Hall–Kier alpha value is -2.40. The molecule has 2 aromatic rings. The van der Waals surface area contributed by atoms with Crippen molar-refractivity contribution in [3.63, 3.8) is 0 Å². The zero-order valence-electron chi connectivity index (χ0n) is 13.6. The summed E-state index contributed by atoms with van der Waals surface area (Å²) >= 11 is 0. The maximum atomic E-state index is 13.0. The van der Waals surface area contributed by atoms with E-state index in [0.29, 0.717) is 17.7 Å². The van der Waals surface area contributed by atoms with Crippen LogP contribution in [0.4, 0.5) is 15.8 Å². The lowest BCUT2D eigenvalue weighted by molar-refractivity contribution is 0.0962. The highest BCUT2D eigenvalue weighted by atomic mass is 19.1. The van der Waals surface area contributed by atoms with Crippen LogP contribution >= 0.6 is 0 Å². The predicted octanol–water partition coefficient (Wildman–Crippen LogP) is 2.80. The molecule has 2 N–H and O–H groups in total. The summed E-state index contributed by atoms with van der Waals surface area (Å²) in [5, 5.41) is 0. The third-order valence-corrected chi connectivity index (χ3v) is 4.45. The van der Waals surface area contributed by atoms with E-state index in [9.17, 15) is 9.18 Å². The van der Waals surface area contributed by atoms with Crippen molar-refractivity contribution in [1.29, 1.82) is 0 Å². The molecule has 1 saturated heterocycles. The number of carbonyl (C=O) groups is 1. The first-order valence-corrected chi connectivity index (χ1v) is 8.23. The minimum absolute atomic E-state index is 0.149. The second kappa shape index (κ2) is 7.45. The molecule has 126 valence electrons. The van der Waals surface area contributed by atoms with Crippen LogP contribution in [0.25, 0.3) is 0 Å². The van der Waals surface area contributed by atoms with Gasteiger partial charge in [0.25, 0.3) is 0 Å². The zero-order chi connectivity index (χ0) is 16.9. The van der Waals surface area contributed by atoms with Crippen LogP contribution in [0.1, 0.15) is 16.8 Å². The van der Waals surface area contributed by atoms with Gasteiger partial charge in [0.1, 0.15) is 5.82 Å². The molecule has 1 aliphatic rings. The second-order valence-electron chi connectivity index (χ2n) is 6.10. The standard InChI is InChI=1S/C19H22FN3O/c20-16-3-7-18(8-4-16)23-13-11-22(12-14-23)10-9-19(24)15-1-5-17(21)6-2-15/h1-8H,9-14,21H2. The number of rotatable bonds is 5. The fourth-order valence-electron chi connectivity index (χ4n) is 2.95. The molecule has 0 radical (unpaired) electrons. The number of anilines is 2. The number of nitrogen functional groups attached to an aromatic ring is 1. The van der Waals surface area contributed by atoms with Crippen LogP contribution in [0, 0.1) is 5.82 Å². The van der Waals surface area contributed by atoms with E-state index in [2.05, 4.69) is 9.80 Å². The number of benzene rings is 2. The van der Waals surface area contributed by atoms with Crippen molar-refractivity contribution in [3.8, 4) is 0 Å². The van der Waals surface area contributed by atoms with Crippen LogP contribution in [-0.4, -0.2) is 43.4 Å². The van der Waals surface area contributed by atoms with Crippen molar-refractivity contribution in [3.05, 3.63) is 59.9 Å². The van der Waals surface area contributed by atoms with Crippen LogP contribution in [0.3, 0.4) is 0 Å². The van der Waals surface area contributed by atoms with Gasteiger partial charge in [-0.1, -0.05) is 0 Å². The molecule has 0 aromatic heterocycles. The topological polar surface area (TPSA) is 49.6 Å². The Bertz CT molecular complexity index is 677. The van der Waals surface area contributed by atoms with Crippen molar-refractivity contribution in [2.24, 2.45) is 0 Å². The largest absolute Gasteiger partial charge is 0.399 e. The fourth-order valence-corrected chi connectivity index (χ4v) is 2.95. The van der Waals surface area contributed by atoms with Crippen LogP contribution in [-0.2, 0) is 0 Å². The number of Topliss-reactive ketones (excluding diaryl/α,β-unsaturated/α-hetero) is 1. The van der Waals surface area contributed by atoms with Gasteiger partial charge in [-0.05, 0) is 48.5 Å². The number of hydrogen-bond acceptors (Lipinski definition) is 4. The minimum atomic E-state index is -0.210. The Morgan fingerprint density at radius 1 is 0.958 bits per heavy atom. The summed E-state index contributed by atoms with van der Waals surface area (Å²) in [6, 6.07) is 13.7. The lowest BCUT2D eigenvalue weighted by Crippen LogP contribution is -2.46. The van der Waals surface area contributed by atoms with Crippen LogP contribution in [0.5, 0.6) is 0 Å². The van der Waals surface area contributed by atoms with E-state index in [1.165, 1.54) is 12.1 Å². The first-order chi connectivity index (χ1) is 11.6. The molecule has 0 saturated carbocycles. The third-order valence-electron chi connectivity index (χ3n) is 4.45. The number of hydrogen-bond donors (Lipinski definition) is 1. The predicted molar refractivity (Wildman–Crippen MR) is 94.9 cm³/mol. The zero-order valence-corrected chi connectivity index (χ0v) is 13.6. The third kappa shape index (κ3) is 4.11. The van der Waals surface area contributed by atoms with Gasteiger partial charge in [-0.2, -0.15) is 0 Å². The molecule has 0 unspecified atom stereocenters.